The molecular formula is C14H19FO9. The van der Waals surface area contributed by atoms with E-state index in [-0.39, 0.29) is 0 Å². The normalized spacial score (nSPS) is 27.0. The number of carbonyl (C=O) groups is 4. The first-order chi connectivity index (χ1) is 11.1. The van der Waals surface area contributed by atoms with Crippen LogP contribution in [0.15, 0.2) is 0 Å². The van der Waals surface area contributed by atoms with Crippen molar-refractivity contribution in [3.05, 3.63) is 0 Å². The molecule has 0 spiro atoms. The Balaban J connectivity index is 3.13. The molecule has 1 aliphatic rings. The van der Waals surface area contributed by atoms with Crippen LogP contribution in [0.5, 0.6) is 0 Å². The lowest BCUT2D eigenvalue weighted by Gasteiger charge is -2.26. The molecule has 0 N–H and O–H groups in total. The molecule has 1 unspecified atom stereocenters. The second-order valence-electron chi connectivity index (χ2n) is 5.03. The van der Waals surface area contributed by atoms with Crippen molar-refractivity contribution >= 4 is 23.9 Å². The summed E-state index contributed by atoms with van der Waals surface area (Å²) in [7, 11) is 0. The van der Waals surface area contributed by atoms with E-state index in [0.29, 0.717) is 0 Å². The molecule has 0 bridgehead atoms. The summed E-state index contributed by atoms with van der Waals surface area (Å²) in [6, 6.07) is 0. The van der Waals surface area contributed by atoms with Crippen LogP contribution >= 0.6 is 0 Å². The molecule has 5 atom stereocenters. The van der Waals surface area contributed by atoms with Gasteiger partial charge in [-0.2, -0.15) is 0 Å². The summed E-state index contributed by atoms with van der Waals surface area (Å²) in [4.78, 5) is 44.8. The Bertz CT molecular complexity index is 506. The highest BCUT2D eigenvalue weighted by molar-refractivity contribution is 5.68. The summed E-state index contributed by atoms with van der Waals surface area (Å²) in [6.45, 7) is 3.16. The molecule has 9 nitrogen and oxygen atoms in total. The number of halogens is 1. The second-order valence-corrected chi connectivity index (χ2v) is 5.03. The van der Waals surface area contributed by atoms with E-state index in [2.05, 4.69) is 0 Å². The van der Waals surface area contributed by atoms with E-state index < -0.39 is 61.3 Å². The summed E-state index contributed by atoms with van der Waals surface area (Å²) < 4.78 is 38.3. The number of carbonyl (C=O) groups excluding carboxylic acids is 4. The molecule has 0 aromatic rings. The van der Waals surface area contributed by atoms with Crippen molar-refractivity contribution in [3.63, 3.8) is 0 Å². The molecule has 0 amide bonds. The van der Waals surface area contributed by atoms with E-state index >= 15 is 0 Å². The lowest BCUT2D eigenvalue weighted by Crippen LogP contribution is -2.46. The number of hydrogen-bond donors (Lipinski definition) is 0. The zero-order valence-electron chi connectivity index (χ0n) is 13.6. The third-order valence-electron chi connectivity index (χ3n) is 2.93. The van der Waals surface area contributed by atoms with Crippen molar-refractivity contribution in [3.8, 4) is 0 Å². The predicted molar refractivity (Wildman–Crippen MR) is 73.1 cm³/mol. The monoisotopic (exact) mass is 350 g/mol. The van der Waals surface area contributed by atoms with Crippen LogP contribution in [0.25, 0.3) is 0 Å². The highest BCUT2D eigenvalue weighted by Crippen LogP contribution is 2.31. The molecule has 0 aromatic heterocycles. The maximum absolute atomic E-state index is 13.2. The van der Waals surface area contributed by atoms with E-state index in [4.69, 9.17) is 23.7 Å². The van der Waals surface area contributed by atoms with Crippen LogP contribution < -0.4 is 0 Å². The van der Waals surface area contributed by atoms with Crippen LogP contribution in [0.1, 0.15) is 27.7 Å². The molecule has 0 radical (unpaired) electrons. The Morgan fingerprint density at radius 2 is 1.38 bits per heavy atom. The van der Waals surface area contributed by atoms with Gasteiger partial charge < -0.3 is 23.7 Å². The predicted octanol–water partition coefficient (Wildman–Crippen LogP) is 0.0390. The Morgan fingerprint density at radius 3 is 1.79 bits per heavy atom. The van der Waals surface area contributed by atoms with Crippen molar-refractivity contribution in [1.29, 1.82) is 0 Å². The smallest absolute Gasteiger partial charge is 0.305 e. The first kappa shape index (κ1) is 19.8. The quantitative estimate of drug-likeness (QED) is 0.483. The van der Waals surface area contributed by atoms with Gasteiger partial charge >= 0.3 is 23.9 Å². The van der Waals surface area contributed by atoms with Crippen molar-refractivity contribution < 1.29 is 47.3 Å². The second kappa shape index (κ2) is 8.57. The van der Waals surface area contributed by atoms with Gasteiger partial charge in [-0.3, -0.25) is 19.2 Å². The van der Waals surface area contributed by atoms with Gasteiger partial charge in [0.25, 0.3) is 0 Å². The highest BCUT2D eigenvalue weighted by Gasteiger charge is 2.54. The average molecular weight is 350 g/mol. The zero-order valence-corrected chi connectivity index (χ0v) is 13.6. The van der Waals surface area contributed by atoms with Gasteiger partial charge in [-0.15, -0.1) is 0 Å². The van der Waals surface area contributed by atoms with Crippen LogP contribution in [0.2, 0.25) is 0 Å². The van der Waals surface area contributed by atoms with Crippen LogP contribution in [0, 0.1) is 0 Å². The lowest BCUT2D eigenvalue weighted by atomic mass is 10.1. The van der Waals surface area contributed by atoms with Crippen molar-refractivity contribution in [2.24, 2.45) is 0 Å². The Morgan fingerprint density at radius 1 is 0.875 bits per heavy atom. The fourth-order valence-electron chi connectivity index (χ4n) is 2.25. The average Bonchev–Trinajstić information content (AvgIpc) is 2.72. The maximum Gasteiger partial charge on any atom is 0.305 e. The fourth-order valence-corrected chi connectivity index (χ4v) is 2.25. The molecular weight excluding hydrogens is 331 g/mol. The van der Waals surface area contributed by atoms with Gasteiger partial charge in [0.1, 0.15) is 12.8 Å². The van der Waals surface area contributed by atoms with Crippen LogP contribution in [0.4, 0.5) is 4.39 Å². The van der Waals surface area contributed by atoms with Gasteiger partial charge in [0.2, 0.25) is 12.4 Å². The van der Waals surface area contributed by atoms with Crippen LogP contribution in [-0.4, -0.2) is 61.3 Å². The molecule has 1 saturated heterocycles. The summed E-state index contributed by atoms with van der Waals surface area (Å²) >= 11 is 0. The summed E-state index contributed by atoms with van der Waals surface area (Å²) in [5.41, 5.74) is 0. The molecule has 136 valence electrons. The lowest BCUT2D eigenvalue weighted by molar-refractivity contribution is -0.201. The molecule has 10 heteroatoms. The molecule has 1 heterocycles. The number of rotatable bonds is 6. The van der Waals surface area contributed by atoms with Gasteiger partial charge in [-0.25, -0.2) is 4.39 Å². The Labute approximate surface area is 137 Å². The molecule has 24 heavy (non-hydrogen) atoms. The van der Waals surface area contributed by atoms with Gasteiger partial charge in [-0.1, -0.05) is 0 Å². The van der Waals surface area contributed by atoms with Gasteiger partial charge in [0, 0.05) is 27.7 Å². The highest BCUT2D eigenvalue weighted by atomic mass is 19.1. The fraction of sp³-hybridized carbons (Fsp3) is 0.714. The molecule has 1 fully saturated rings. The van der Waals surface area contributed by atoms with Gasteiger partial charge in [0.15, 0.2) is 12.2 Å². The van der Waals surface area contributed by atoms with Crippen LogP contribution in [-0.2, 0) is 42.9 Å². The summed E-state index contributed by atoms with van der Waals surface area (Å²) in [6.07, 6.45) is -6.85. The number of hydrogen-bond acceptors (Lipinski definition) is 9. The summed E-state index contributed by atoms with van der Waals surface area (Å²) in [5.74, 6) is -3.08. The third kappa shape index (κ3) is 5.44. The first-order valence-electron chi connectivity index (χ1n) is 7.06. The SMILES string of the molecule is CC(=O)OC1O[C@@H]([C@@H](CF)OC(C)=O)[C@H](OC(C)=O)[C@H]1OC(C)=O. The van der Waals surface area contributed by atoms with E-state index in [1.165, 1.54) is 0 Å². The minimum atomic E-state index is -1.44. The van der Waals surface area contributed by atoms with Crippen molar-refractivity contribution in [2.75, 3.05) is 6.67 Å². The van der Waals surface area contributed by atoms with Gasteiger partial charge in [-0.05, 0) is 0 Å². The van der Waals surface area contributed by atoms with E-state index in [9.17, 15) is 23.6 Å². The van der Waals surface area contributed by atoms with E-state index in [1.54, 1.807) is 0 Å². The third-order valence-corrected chi connectivity index (χ3v) is 2.93. The number of alkyl halides is 1. The van der Waals surface area contributed by atoms with Crippen molar-refractivity contribution in [2.45, 2.75) is 58.4 Å². The van der Waals surface area contributed by atoms with E-state index in [1.807, 2.05) is 0 Å². The van der Waals surface area contributed by atoms with E-state index in [0.717, 1.165) is 27.7 Å². The topological polar surface area (TPSA) is 114 Å². The van der Waals surface area contributed by atoms with Crippen molar-refractivity contribution in [1.82, 2.24) is 0 Å². The Kier molecular flexibility index (Phi) is 7.08. The molecule has 0 aromatic carbocycles. The maximum atomic E-state index is 13.2. The molecule has 0 aliphatic carbocycles. The Hall–Kier alpha value is -2.23. The van der Waals surface area contributed by atoms with Crippen LogP contribution in [0.3, 0.4) is 0 Å². The molecule has 0 saturated carbocycles. The minimum absolute atomic E-state index is 0.760. The molecule has 1 rings (SSSR count). The largest absolute Gasteiger partial charge is 0.457 e. The first-order valence-corrected chi connectivity index (χ1v) is 7.06. The minimum Gasteiger partial charge on any atom is -0.457 e. The standard InChI is InChI=1S/C14H19FO9/c1-6(16)20-10(5-15)11-12(21-7(2)17)13(22-8(3)18)14(24-11)23-9(4)19/h10-14H,5H2,1-4H3/t10-,11+,12+,13-,14?/m1/s1. The van der Waals surface area contributed by atoms with Gasteiger partial charge in [0.05, 0.1) is 0 Å². The number of esters is 4. The number of ether oxygens (including phenoxy) is 5. The summed E-state index contributed by atoms with van der Waals surface area (Å²) in [5, 5.41) is 0. The zero-order chi connectivity index (χ0) is 18.4. The molecule has 1 aliphatic heterocycles.